The van der Waals surface area contributed by atoms with Gasteiger partial charge < -0.3 is 10.1 Å². The summed E-state index contributed by atoms with van der Waals surface area (Å²) in [5.41, 5.74) is 1.04. The van der Waals surface area contributed by atoms with Gasteiger partial charge in [-0.15, -0.1) is 0 Å². The first-order chi connectivity index (χ1) is 9.97. The van der Waals surface area contributed by atoms with Crippen molar-refractivity contribution in [2.24, 2.45) is 0 Å². The third-order valence-corrected chi connectivity index (χ3v) is 3.37. The molecule has 114 valence electrons. The van der Waals surface area contributed by atoms with E-state index in [2.05, 4.69) is 38.1 Å². The van der Waals surface area contributed by atoms with Crippen LogP contribution in [0.15, 0.2) is 30.6 Å². The van der Waals surface area contributed by atoms with E-state index in [-0.39, 0.29) is 0 Å². The standard InChI is InChI=1S/C16H22ClN3O/c1-11(2)18-8-13-6-5-7-15(17)16(13)21-14-9-19-20(10-14)12(3)4/h5-7,9-12,18H,8H2,1-4H3. The second-order valence-electron chi connectivity index (χ2n) is 5.62. The van der Waals surface area contributed by atoms with Crippen LogP contribution < -0.4 is 10.1 Å². The van der Waals surface area contributed by atoms with Crippen LogP contribution in [0.5, 0.6) is 11.5 Å². The van der Waals surface area contributed by atoms with Gasteiger partial charge >= 0.3 is 0 Å². The van der Waals surface area contributed by atoms with E-state index in [4.69, 9.17) is 16.3 Å². The van der Waals surface area contributed by atoms with Gasteiger partial charge in [0.25, 0.3) is 0 Å². The minimum Gasteiger partial charge on any atom is -0.452 e. The average molecular weight is 308 g/mol. The third kappa shape index (κ3) is 4.22. The first kappa shape index (κ1) is 15.9. The normalized spacial score (nSPS) is 11.4. The Labute approximate surface area is 131 Å². The van der Waals surface area contributed by atoms with Crippen LogP contribution >= 0.6 is 11.6 Å². The van der Waals surface area contributed by atoms with Gasteiger partial charge in [0.05, 0.1) is 17.4 Å². The number of halogens is 1. The summed E-state index contributed by atoms with van der Waals surface area (Å²) >= 11 is 6.28. The van der Waals surface area contributed by atoms with Gasteiger partial charge in [0, 0.05) is 24.2 Å². The van der Waals surface area contributed by atoms with E-state index in [9.17, 15) is 0 Å². The lowest BCUT2D eigenvalue weighted by Crippen LogP contribution is -2.22. The van der Waals surface area contributed by atoms with Crippen molar-refractivity contribution in [3.8, 4) is 11.5 Å². The topological polar surface area (TPSA) is 39.1 Å². The number of nitrogens with zero attached hydrogens (tertiary/aromatic N) is 2. The summed E-state index contributed by atoms with van der Waals surface area (Å²) in [5, 5.41) is 8.26. The molecule has 0 saturated carbocycles. The highest BCUT2D eigenvalue weighted by Gasteiger charge is 2.12. The minimum absolute atomic E-state index is 0.302. The molecule has 1 N–H and O–H groups in total. The van der Waals surface area contributed by atoms with Gasteiger partial charge in [0.1, 0.15) is 0 Å². The Morgan fingerprint density at radius 3 is 2.67 bits per heavy atom. The third-order valence-electron chi connectivity index (χ3n) is 3.08. The van der Waals surface area contributed by atoms with E-state index < -0.39 is 0 Å². The van der Waals surface area contributed by atoms with Crippen LogP contribution in [0.1, 0.15) is 39.3 Å². The molecule has 0 aliphatic heterocycles. The van der Waals surface area contributed by atoms with Gasteiger partial charge in [-0.3, -0.25) is 4.68 Å². The van der Waals surface area contributed by atoms with Gasteiger partial charge in [0.2, 0.25) is 0 Å². The highest BCUT2D eigenvalue weighted by molar-refractivity contribution is 6.32. The molecule has 0 aliphatic rings. The van der Waals surface area contributed by atoms with Crippen molar-refractivity contribution in [3.63, 3.8) is 0 Å². The molecule has 4 nitrogen and oxygen atoms in total. The molecular weight excluding hydrogens is 286 g/mol. The summed E-state index contributed by atoms with van der Waals surface area (Å²) in [6.07, 6.45) is 3.59. The molecule has 0 spiro atoms. The zero-order valence-corrected chi connectivity index (χ0v) is 13.7. The molecule has 2 aromatic rings. The van der Waals surface area contributed by atoms with Crippen molar-refractivity contribution in [3.05, 3.63) is 41.2 Å². The summed E-state index contributed by atoms with van der Waals surface area (Å²) < 4.78 is 7.81. The Balaban J connectivity index is 2.21. The van der Waals surface area contributed by atoms with E-state index in [1.807, 2.05) is 29.1 Å². The highest BCUT2D eigenvalue weighted by atomic mass is 35.5. The summed E-state index contributed by atoms with van der Waals surface area (Å²) in [6.45, 7) is 9.08. The molecular formula is C16H22ClN3O. The maximum atomic E-state index is 6.28. The molecule has 1 heterocycles. The predicted molar refractivity (Wildman–Crippen MR) is 86.1 cm³/mol. The monoisotopic (exact) mass is 307 g/mol. The number of benzene rings is 1. The van der Waals surface area contributed by atoms with E-state index >= 15 is 0 Å². The maximum Gasteiger partial charge on any atom is 0.165 e. The van der Waals surface area contributed by atoms with Gasteiger partial charge in [-0.2, -0.15) is 5.10 Å². The van der Waals surface area contributed by atoms with E-state index in [0.717, 1.165) is 5.56 Å². The van der Waals surface area contributed by atoms with Crippen LogP contribution in [0.2, 0.25) is 5.02 Å². The molecule has 1 aromatic carbocycles. The van der Waals surface area contributed by atoms with Crippen molar-refractivity contribution >= 4 is 11.6 Å². The van der Waals surface area contributed by atoms with Crippen LogP contribution in [-0.4, -0.2) is 15.8 Å². The van der Waals surface area contributed by atoms with Gasteiger partial charge in [0.15, 0.2) is 11.5 Å². The smallest absolute Gasteiger partial charge is 0.165 e. The fourth-order valence-electron chi connectivity index (χ4n) is 1.89. The van der Waals surface area contributed by atoms with E-state index in [0.29, 0.717) is 35.2 Å². The van der Waals surface area contributed by atoms with E-state index in [1.165, 1.54) is 0 Å². The molecule has 0 aliphatic carbocycles. The van der Waals surface area contributed by atoms with Crippen LogP contribution in [0.3, 0.4) is 0 Å². The molecule has 1 aromatic heterocycles. The second-order valence-corrected chi connectivity index (χ2v) is 6.02. The zero-order valence-electron chi connectivity index (χ0n) is 12.9. The van der Waals surface area contributed by atoms with Gasteiger partial charge in [-0.1, -0.05) is 37.6 Å². The molecule has 0 radical (unpaired) electrons. The van der Waals surface area contributed by atoms with Crippen molar-refractivity contribution < 1.29 is 4.74 Å². The van der Waals surface area contributed by atoms with E-state index in [1.54, 1.807) is 6.20 Å². The number of nitrogens with one attached hydrogen (secondary N) is 1. The predicted octanol–water partition coefficient (Wildman–Crippen LogP) is 4.41. The number of para-hydroxylation sites is 1. The lowest BCUT2D eigenvalue weighted by atomic mass is 10.2. The number of rotatable bonds is 6. The molecule has 0 bridgehead atoms. The summed E-state index contributed by atoms with van der Waals surface area (Å²) in [5.74, 6) is 1.39. The largest absolute Gasteiger partial charge is 0.452 e. The Morgan fingerprint density at radius 2 is 2.05 bits per heavy atom. The molecule has 0 fully saturated rings. The Morgan fingerprint density at radius 1 is 1.29 bits per heavy atom. The molecule has 0 unspecified atom stereocenters. The molecule has 0 amide bonds. The molecule has 21 heavy (non-hydrogen) atoms. The number of hydrogen-bond donors (Lipinski definition) is 1. The Hall–Kier alpha value is -1.52. The highest BCUT2D eigenvalue weighted by Crippen LogP contribution is 2.33. The quantitative estimate of drug-likeness (QED) is 0.859. The first-order valence-electron chi connectivity index (χ1n) is 7.20. The molecule has 2 rings (SSSR count). The number of hydrogen-bond acceptors (Lipinski definition) is 3. The Kier molecular flexibility index (Phi) is 5.26. The average Bonchev–Trinajstić information content (AvgIpc) is 2.88. The lowest BCUT2D eigenvalue weighted by Gasteiger charge is -2.14. The first-order valence-corrected chi connectivity index (χ1v) is 7.58. The second kappa shape index (κ2) is 6.96. The summed E-state index contributed by atoms with van der Waals surface area (Å²) in [7, 11) is 0. The lowest BCUT2D eigenvalue weighted by molar-refractivity contribution is 0.465. The molecule has 0 atom stereocenters. The van der Waals surface area contributed by atoms with Crippen LogP contribution in [-0.2, 0) is 6.54 Å². The van der Waals surface area contributed by atoms with Crippen LogP contribution in [0, 0.1) is 0 Å². The molecule has 0 saturated heterocycles. The van der Waals surface area contributed by atoms with Gasteiger partial charge in [-0.25, -0.2) is 0 Å². The maximum absolute atomic E-state index is 6.28. The summed E-state index contributed by atoms with van der Waals surface area (Å²) in [4.78, 5) is 0. The number of aromatic nitrogens is 2. The fourth-order valence-corrected chi connectivity index (χ4v) is 2.13. The fraction of sp³-hybridized carbons (Fsp3) is 0.438. The summed E-state index contributed by atoms with van der Waals surface area (Å²) in [6, 6.07) is 6.49. The minimum atomic E-state index is 0.302. The van der Waals surface area contributed by atoms with Crippen molar-refractivity contribution in [1.29, 1.82) is 0 Å². The van der Waals surface area contributed by atoms with Crippen molar-refractivity contribution in [2.45, 2.75) is 46.3 Å². The van der Waals surface area contributed by atoms with Crippen LogP contribution in [0.4, 0.5) is 0 Å². The number of ether oxygens (including phenoxy) is 1. The zero-order chi connectivity index (χ0) is 15.4. The van der Waals surface area contributed by atoms with Crippen molar-refractivity contribution in [1.82, 2.24) is 15.1 Å². The van der Waals surface area contributed by atoms with Gasteiger partial charge in [-0.05, 0) is 19.9 Å². The van der Waals surface area contributed by atoms with Crippen LogP contribution in [0.25, 0.3) is 0 Å². The SMILES string of the molecule is CC(C)NCc1cccc(Cl)c1Oc1cnn(C(C)C)c1. The Bertz CT molecular complexity index is 593. The molecule has 5 heteroatoms. The van der Waals surface area contributed by atoms with Crippen molar-refractivity contribution in [2.75, 3.05) is 0 Å².